The lowest BCUT2D eigenvalue weighted by atomic mass is 10.1. The Bertz CT molecular complexity index is 821. The Morgan fingerprint density at radius 2 is 1.53 bits per heavy atom. The van der Waals surface area contributed by atoms with E-state index in [9.17, 15) is 13.2 Å². The Balaban J connectivity index is 1.85. The number of nitrogens with one attached hydrogen (secondary N) is 1. The molecule has 176 valence electrons. The highest BCUT2D eigenvalue weighted by molar-refractivity contribution is 5.81. The number of hydrogen-bond acceptors (Lipinski definition) is 4. The first kappa shape index (κ1) is 25.6. The number of benzene rings is 2. The van der Waals surface area contributed by atoms with E-state index in [0.29, 0.717) is 30.4 Å². The Labute approximate surface area is 188 Å². The van der Waals surface area contributed by atoms with Crippen LogP contribution in [0.1, 0.15) is 69.9 Å². The second kappa shape index (κ2) is 13.7. The van der Waals surface area contributed by atoms with Crippen molar-refractivity contribution in [3.8, 4) is 11.5 Å². The van der Waals surface area contributed by atoms with Gasteiger partial charge in [-0.05, 0) is 61.4 Å². The summed E-state index contributed by atoms with van der Waals surface area (Å²) in [6.45, 7) is 5.29. The minimum atomic E-state index is -4.35. The molecule has 2 rings (SSSR count). The van der Waals surface area contributed by atoms with Gasteiger partial charge in [0, 0.05) is 0 Å². The zero-order valence-corrected chi connectivity index (χ0v) is 18.9. The van der Waals surface area contributed by atoms with Gasteiger partial charge in [-0.2, -0.15) is 18.3 Å². The second-order valence-electron chi connectivity index (χ2n) is 7.55. The van der Waals surface area contributed by atoms with Crippen LogP contribution in [0.4, 0.5) is 18.9 Å². The van der Waals surface area contributed by atoms with Crippen LogP contribution in [0, 0.1) is 0 Å². The minimum absolute atomic E-state index is 0.467. The lowest BCUT2D eigenvalue weighted by Crippen LogP contribution is -2.04. The quantitative estimate of drug-likeness (QED) is 0.182. The largest absolute Gasteiger partial charge is 0.490 e. The highest BCUT2D eigenvalue weighted by Crippen LogP contribution is 2.30. The Kier molecular flexibility index (Phi) is 10.9. The molecule has 0 saturated carbocycles. The van der Waals surface area contributed by atoms with Crippen LogP contribution in [0.5, 0.6) is 11.5 Å². The van der Waals surface area contributed by atoms with Gasteiger partial charge in [-0.3, -0.25) is 5.43 Å². The number of halogens is 3. The van der Waals surface area contributed by atoms with Gasteiger partial charge in [-0.25, -0.2) is 0 Å². The summed E-state index contributed by atoms with van der Waals surface area (Å²) in [5.74, 6) is 1.35. The monoisotopic (exact) mass is 450 g/mol. The van der Waals surface area contributed by atoms with Crippen molar-refractivity contribution >= 4 is 11.9 Å². The molecule has 0 amide bonds. The molecule has 1 N–H and O–H groups in total. The number of nitrogens with zero attached hydrogens (tertiary/aromatic N) is 1. The predicted molar refractivity (Wildman–Crippen MR) is 124 cm³/mol. The molecular weight excluding hydrogens is 417 g/mol. The molecule has 0 aliphatic heterocycles. The number of anilines is 1. The van der Waals surface area contributed by atoms with E-state index in [-0.39, 0.29) is 0 Å². The summed E-state index contributed by atoms with van der Waals surface area (Å²) in [7, 11) is 0. The van der Waals surface area contributed by atoms with E-state index in [4.69, 9.17) is 9.47 Å². The molecule has 0 heterocycles. The van der Waals surface area contributed by atoms with Gasteiger partial charge < -0.3 is 9.47 Å². The van der Waals surface area contributed by atoms with Gasteiger partial charge in [0.15, 0.2) is 11.5 Å². The molecule has 0 atom stereocenters. The topological polar surface area (TPSA) is 42.8 Å². The van der Waals surface area contributed by atoms with Crippen molar-refractivity contribution in [1.82, 2.24) is 0 Å². The van der Waals surface area contributed by atoms with Crippen molar-refractivity contribution in [3.05, 3.63) is 53.6 Å². The van der Waals surface area contributed by atoms with Gasteiger partial charge in [0.1, 0.15) is 0 Å². The van der Waals surface area contributed by atoms with Crippen molar-refractivity contribution in [2.75, 3.05) is 18.6 Å². The standard InChI is InChI=1S/C25H33F3N2O2/c1-3-5-6-7-8-9-10-17-32-23-16-11-20(18-24(23)31-4-2)19-29-30-22-14-12-21(13-15-22)25(26,27)28/h11-16,18-19,30H,3-10,17H2,1-2H3. The Hall–Kier alpha value is -2.70. The van der Waals surface area contributed by atoms with Crippen molar-refractivity contribution in [3.63, 3.8) is 0 Å². The van der Waals surface area contributed by atoms with Crippen LogP contribution in [-0.2, 0) is 6.18 Å². The van der Waals surface area contributed by atoms with Crippen LogP contribution in [0.15, 0.2) is 47.6 Å². The van der Waals surface area contributed by atoms with Crippen LogP contribution in [-0.4, -0.2) is 19.4 Å². The van der Waals surface area contributed by atoms with E-state index in [1.54, 1.807) is 6.21 Å². The fourth-order valence-electron chi connectivity index (χ4n) is 3.15. The van der Waals surface area contributed by atoms with Crippen LogP contribution in [0.2, 0.25) is 0 Å². The zero-order chi connectivity index (χ0) is 23.2. The number of alkyl halides is 3. The average Bonchev–Trinajstić information content (AvgIpc) is 2.77. The lowest BCUT2D eigenvalue weighted by molar-refractivity contribution is -0.137. The molecule has 0 bridgehead atoms. The fourth-order valence-corrected chi connectivity index (χ4v) is 3.15. The molecule has 4 nitrogen and oxygen atoms in total. The average molecular weight is 451 g/mol. The molecule has 0 aliphatic rings. The summed E-state index contributed by atoms with van der Waals surface area (Å²) in [4.78, 5) is 0. The summed E-state index contributed by atoms with van der Waals surface area (Å²) < 4.78 is 49.5. The molecule has 32 heavy (non-hydrogen) atoms. The lowest BCUT2D eigenvalue weighted by Gasteiger charge is -2.12. The van der Waals surface area contributed by atoms with Gasteiger partial charge in [0.25, 0.3) is 0 Å². The van der Waals surface area contributed by atoms with Crippen LogP contribution >= 0.6 is 0 Å². The number of hydrazone groups is 1. The molecular formula is C25H33F3N2O2. The van der Waals surface area contributed by atoms with Crippen molar-refractivity contribution in [2.45, 2.75) is 65.0 Å². The van der Waals surface area contributed by atoms with Gasteiger partial charge in [-0.1, -0.05) is 45.4 Å². The maximum Gasteiger partial charge on any atom is 0.416 e. The molecule has 0 saturated heterocycles. The second-order valence-corrected chi connectivity index (χ2v) is 7.55. The van der Waals surface area contributed by atoms with Crippen molar-refractivity contribution in [1.29, 1.82) is 0 Å². The highest BCUT2D eigenvalue weighted by Gasteiger charge is 2.29. The molecule has 2 aromatic carbocycles. The third-order valence-corrected chi connectivity index (χ3v) is 4.89. The first-order valence-corrected chi connectivity index (χ1v) is 11.3. The van der Waals surface area contributed by atoms with Crippen LogP contribution in [0.3, 0.4) is 0 Å². The Morgan fingerprint density at radius 1 is 0.844 bits per heavy atom. The Morgan fingerprint density at radius 3 is 2.19 bits per heavy atom. The molecule has 2 aromatic rings. The van der Waals surface area contributed by atoms with E-state index in [1.807, 2.05) is 25.1 Å². The first-order chi connectivity index (χ1) is 15.4. The molecule has 0 radical (unpaired) electrons. The number of rotatable bonds is 14. The SMILES string of the molecule is CCCCCCCCCOc1ccc(C=NNc2ccc(C(F)(F)F)cc2)cc1OCC. The molecule has 0 fully saturated rings. The smallest absolute Gasteiger partial charge is 0.416 e. The van der Waals surface area contributed by atoms with Gasteiger partial charge in [0.2, 0.25) is 0 Å². The van der Waals surface area contributed by atoms with Gasteiger partial charge in [-0.15, -0.1) is 0 Å². The van der Waals surface area contributed by atoms with E-state index >= 15 is 0 Å². The summed E-state index contributed by atoms with van der Waals surface area (Å²) >= 11 is 0. The number of unbranched alkanes of at least 4 members (excludes halogenated alkanes) is 6. The van der Waals surface area contributed by atoms with E-state index in [0.717, 1.165) is 30.5 Å². The summed E-state index contributed by atoms with van der Waals surface area (Å²) in [5.41, 5.74) is 3.30. The maximum atomic E-state index is 12.6. The van der Waals surface area contributed by atoms with Crippen molar-refractivity contribution < 1.29 is 22.6 Å². The molecule has 7 heteroatoms. The molecule has 0 aromatic heterocycles. The third kappa shape index (κ3) is 9.20. The maximum absolute atomic E-state index is 12.6. The normalized spacial score (nSPS) is 11.7. The number of ether oxygens (including phenoxy) is 2. The molecule has 0 aliphatic carbocycles. The first-order valence-electron chi connectivity index (χ1n) is 11.3. The van der Waals surface area contributed by atoms with E-state index < -0.39 is 11.7 Å². The summed E-state index contributed by atoms with van der Waals surface area (Å²) in [6.07, 6.45) is 5.80. The molecule has 0 spiro atoms. The van der Waals surface area contributed by atoms with Crippen LogP contribution < -0.4 is 14.9 Å². The number of hydrogen-bond donors (Lipinski definition) is 1. The van der Waals surface area contributed by atoms with Crippen molar-refractivity contribution in [2.24, 2.45) is 5.10 Å². The van der Waals surface area contributed by atoms with E-state index in [1.165, 1.54) is 44.2 Å². The highest BCUT2D eigenvalue weighted by atomic mass is 19.4. The summed E-state index contributed by atoms with van der Waals surface area (Å²) in [6, 6.07) is 10.3. The minimum Gasteiger partial charge on any atom is -0.490 e. The third-order valence-electron chi connectivity index (χ3n) is 4.89. The molecule has 0 unspecified atom stereocenters. The van der Waals surface area contributed by atoms with Gasteiger partial charge in [0.05, 0.1) is 30.7 Å². The van der Waals surface area contributed by atoms with Gasteiger partial charge >= 0.3 is 6.18 Å². The fraction of sp³-hybridized carbons (Fsp3) is 0.480. The predicted octanol–water partition coefficient (Wildman–Crippen LogP) is 7.68. The summed E-state index contributed by atoms with van der Waals surface area (Å²) in [5, 5.41) is 4.10. The van der Waals surface area contributed by atoms with Crippen LogP contribution in [0.25, 0.3) is 0 Å². The van der Waals surface area contributed by atoms with E-state index in [2.05, 4.69) is 17.5 Å². The zero-order valence-electron chi connectivity index (χ0n) is 18.9.